The van der Waals surface area contributed by atoms with Crippen LogP contribution in [0.2, 0.25) is 5.02 Å². The maximum absolute atomic E-state index is 12.8. The van der Waals surface area contributed by atoms with Crippen LogP contribution in [0.4, 0.5) is 5.69 Å². The Labute approximate surface area is 227 Å². The van der Waals surface area contributed by atoms with Gasteiger partial charge in [-0.05, 0) is 86.2 Å². The van der Waals surface area contributed by atoms with Crippen LogP contribution in [-0.2, 0) is 4.79 Å². The van der Waals surface area contributed by atoms with Gasteiger partial charge in [0.25, 0.3) is 0 Å². The number of amides is 1. The Morgan fingerprint density at radius 1 is 1.05 bits per heavy atom. The fourth-order valence-corrected chi connectivity index (χ4v) is 5.48. The van der Waals surface area contributed by atoms with Gasteiger partial charge in [0.2, 0.25) is 5.91 Å². The summed E-state index contributed by atoms with van der Waals surface area (Å²) in [6.07, 6.45) is 2.10. The predicted octanol–water partition coefficient (Wildman–Crippen LogP) is 6.14. The van der Waals surface area contributed by atoms with Gasteiger partial charge in [-0.15, -0.1) is 0 Å². The zero-order valence-corrected chi connectivity index (χ0v) is 22.3. The number of pyridine rings is 1. The minimum absolute atomic E-state index is 0.0549. The van der Waals surface area contributed by atoms with Crippen LogP contribution in [0.15, 0.2) is 85.1 Å². The highest BCUT2D eigenvalue weighted by Crippen LogP contribution is 2.41. The summed E-state index contributed by atoms with van der Waals surface area (Å²) in [6, 6.07) is 25.2. The molecule has 1 fully saturated rings. The van der Waals surface area contributed by atoms with Gasteiger partial charge in [0.15, 0.2) is 5.11 Å². The first kappa shape index (κ1) is 25.0. The van der Waals surface area contributed by atoms with Gasteiger partial charge in [0.05, 0.1) is 17.8 Å². The lowest BCUT2D eigenvalue weighted by Gasteiger charge is -2.28. The zero-order valence-electron chi connectivity index (χ0n) is 20.7. The molecule has 0 bridgehead atoms. The summed E-state index contributed by atoms with van der Waals surface area (Å²) in [5, 5.41) is 7.77. The van der Waals surface area contributed by atoms with E-state index in [2.05, 4.69) is 45.0 Å². The number of halogens is 1. The van der Waals surface area contributed by atoms with E-state index in [9.17, 15) is 4.79 Å². The van der Waals surface area contributed by atoms with Crippen molar-refractivity contribution in [3.63, 3.8) is 0 Å². The largest absolute Gasteiger partial charge is 0.352 e. The first-order valence-corrected chi connectivity index (χ1v) is 13.0. The molecular weight excluding hydrogens is 502 g/mol. The molecule has 8 heteroatoms. The molecule has 6 nitrogen and oxygen atoms in total. The number of aromatic nitrogens is 2. The average molecular weight is 530 g/mol. The minimum atomic E-state index is -0.148. The fraction of sp³-hybridized carbons (Fsp3) is 0.207. The van der Waals surface area contributed by atoms with Crippen LogP contribution in [-0.4, -0.2) is 32.0 Å². The Morgan fingerprint density at radius 3 is 2.49 bits per heavy atom. The van der Waals surface area contributed by atoms with E-state index in [4.69, 9.17) is 23.8 Å². The van der Waals surface area contributed by atoms with Crippen molar-refractivity contribution in [3.8, 4) is 5.69 Å². The predicted molar refractivity (Wildman–Crippen MR) is 152 cm³/mol. The molecule has 188 valence electrons. The molecule has 2 unspecified atom stereocenters. The van der Waals surface area contributed by atoms with Crippen molar-refractivity contribution in [3.05, 3.63) is 113 Å². The van der Waals surface area contributed by atoms with Crippen LogP contribution >= 0.6 is 23.8 Å². The van der Waals surface area contributed by atoms with E-state index in [1.54, 1.807) is 6.20 Å². The highest BCUT2D eigenvalue weighted by atomic mass is 35.5. The molecule has 2 aromatic carbocycles. The fourth-order valence-electron chi connectivity index (χ4n) is 5.03. The van der Waals surface area contributed by atoms with Crippen molar-refractivity contribution in [1.82, 2.24) is 19.8 Å². The van der Waals surface area contributed by atoms with Gasteiger partial charge in [-0.25, -0.2) is 0 Å². The van der Waals surface area contributed by atoms with Crippen molar-refractivity contribution in [2.45, 2.75) is 32.4 Å². The van der Waals surface area contributed by atoms with Crippen LogP contribution in [0.3, 0.4) is 0 Å². The quantitative estimate of drug-likeness (QED) is 0.281. The van der Waals surface area contributed by atoms with Crippen molar-refractivity contribution < 1.29 is 4.79 Å². The number of hydrogen-bond donors (Lipinski definition) is 2. The second kappa shape index (κ2) is 10.7. The Kier molecular flexibility index (Phi) is 7.26. The third kappa shape index (κ3) is 5.24. The molecule has 1 amide bonds. The molecule has 0 saturated carbocycles. The summed E-state index contributed by atoms with van der Waals surface area (Å²) in [5.41, 5.74) is 6.08. The number of benzene rings is 2. The summed E-state index contributed by atoms with van der Waals surface area (Å²) in [7, 11) is 0. The lowest BCUT2D eigenvalue weighted by atomic mass is 9.96. The molecule has 0 spiro atoms. The van der Waals surface area contributed by atoms with Gasteiger partial charge in [0.1, 0.15) is 0 Å². The first-order chi connectivity index (χ1) is 17.9. The van der Waals surface area contributed by atoms with Crippen molar-refractivity contribution >= 4 is 40.5 Å². The normalized spacial score (nSPS) is 17.1. The van der Waals surface area contributed by atoms with E-state index in [1.165, 1.54) is 0 Å². The van der Waals surface area contributed by atoms with Crippen LogP contribution in [0.5, 0.6) is 0 Å². The number of para-hydroxylation sites is 1. The number of nitrogens with one attached hydrogen (secondary N) is 2. The molecule has 5 rings (SSSR count). The van der Waals surface area contributed by atoms with Gasteiger partial charge in [-0.2, -0.15) is 0 Å². The molecule has 0 aliphatic carbocycles. The lowest BCUT2D eigenvalue weighted by Crippen LogP contribution is -2.32. The first-order valence-electron chi connectivity index (χ1n) is 12.2. The average Bonchev–Trinajstić information content (AvgIpc) is 3.39. The number of rotatable bonds is 7. The summed E-state index contributed by atoms with van der Waals surface area (Å²) in [4.78, 5) is 19.5. The van der Waals surface area contributed by atoms with Crippen LogP contribution in [0, 0.1) is 13.8 Å². The number of carbonyl (C=O) groups is 1. The number of nitrogens with zero attached hydrogens (tertiary/aromatic N) is 3. The van der Waals surface area contributed by atoms with E-state index in [0.29, 0.717) is 23.1 Å². The molecule has 0 radical (unpaired) electrons. The summed E-state index contributed by atoms with van der Waals surface area (Å²) >= 11 is 11.9. The Bertz CT molecular complexity index is 1410. The molecule has 1 aliphatic heterocycles. The SMILES string of the molecule is Cc1cc(C2C(c3ccccn3)NC(=S)N2CCC(=O)Nc2ccccc2)c(C)n1-c1ccc(Cl)cc1. The smallest absolute Gasteiger partial charge is 0.226 e. The van der Waals surface area contributed by atoms with Gasteiger partial charge in [0, 0.05) is 46.9 Å². The topological polar surface area (TPSA) is 62.2 Å². The highest BCUT2D eigenvalue weighted by Gasteiger charge is 2.41. The van der Waals surface area contributed by atoms with Crippen LogP contribution < -0.4 is 10.6 Å². The Morgan fingerprint density at radius 2 is 1.78 bits per heavy atom. The number of anilines is 1. The molecule has 1 aliphatic rings. The van der Waals surface area contributed by atoms with E-state index in [-0.39, 0.29) is 18.0 Å². The van der Waals surface area contributed by atoms with Gasteiger partial charge < -0.3 is 20.1 Å². The molecule has 1 saturated heterocycles. The highest BCUT2D eigenvalue weighted by molar-refractivity contribution is 7.80. The maximum Gasteiger partial charge on any atom is 0.226 e. The number of thiocarbonyl (C=S) groups is 1. The third-order valence-corrected chi connectivity index (χ3v) is 7.31. The minimum Gasteiger partial charge on any atom is -0.352 e. The standard InChI is InChI=1S/C29H28ClN5OS/c1-19-18-24(20(2)35(19)23-13-11-21(30)12-14-23)28-27(25-10-6-7-16-31-25)33-29(37)34(28)17-15-26(36)32-22-8-4-3-5-9-22/h3-14,16,18,27-28H,15,17H2,1-2H3,(H,32,36)(H,33,37). The van der Waals surface area contributed by atoms with E-state index in [0.717, 1.165) is 34.0 Å². The van der Waals surface area contributed by atoms with Crippen LogP contribution in [0.1, 0.15) is 41.1 Å². The van der Waals surface area contributed by atoms with Crippen LogP contribution in [0.25, 0.3) is 5.69 Å². The Hall–Kier alpha value is -3.68. The molecule has 2 atom stereocenters. The van der Waals surface area contributed by atoms with Gasteiger partial charge in [-0.1, -0.05) is 35.9 Å². The second-order valence-corrected chi connectivity index (χ2v) is 9.95. The summed E-state index contributed by atoms with van der Waals surface area (Å²) < 4.78 is 2.23. The number of aryl methyl sites for hydroxylation is 1. The van der Waals surface area contributed by atoms with Crippen molar-refractivity contribution in [2.24, 2.45) is 0 Å². The zero-order chi connectivity index (χ0) is 25.9. The van der Waals surface area contributed by atoms with Crippen molar-refractivity contribution in [2.75, 3.05) is 11.9 Å². The number of carbonyl (C=O) groups excluding carboxylic acids is 1. The summed E-state index contributed by atoms with van der Waals surface area (Å²) in [6.45, 7) is 4.69. The molecule has 2 N–H and O–H groups in total. The lowest BCUT2D eigenvalue weighted by molar-refractivity contribution is -0.116. The molecule has 37 heavy (non-hydrogen) atoms. The molecule has 3 heterocycles. The molecular formula is C29H28ClN5OS. The molecule has 2 aromatic heterocycles. The second-order valence-electron chi connectivity index (χ2n) is 9.12. The monoisotopic (exact) mass is 529 g/mol. The Balaban J connectivity index is 1.47. The number of hydrogen-bond acceptors (Lipinski definition) is 3. The third-order valence-electron chi connectivity index (χ3n) is 6.71. The van der Waals surface area contributed by atoms with E-state index >= 15 is 0 Å². The van der Waals surface area contributed by atoms with Gasteiger partial charge >= 0.3 is 0 Å². The van der Waals surface area contributed by atoms with E-state index < -0.39 is 0 Å². The van der Waals surface area contributed by atoms with Gasteiger partial charge in [-0.3, -0.25) is 9.78 Å². The van der Waals surface area contributed by atoms with E-state index in [1.807, 2.05) is 72.8 Å². The van der Waals surface area contributed by atoms with Crippen molar-refractivity contribution in [1.29, 1.82) is 0 Å². The maximum atomic E-state index is 12.8. The molecule has 4 aromatic rings. The summed E-state index contributed by atoms with van der Waals surface area (Å²) in [5.74, 6) is -0.0549.